The fraction of sp³-hybridized carbons (Fsp3) is 0.838. The van der Waals surface area contributed by atoms with Crippen molar-refractivity contribution in [3.05, 3.63) is 24.3 Å². The topological polar surface area (TPSA) is 72.8 Å². The third-order valence-electron chi connectivity index (χ3n) is 7.66. The minimum absolute atomic E-state index is 0.119. The van der Waals surface area contributed by atoms with Crippen LogP contribution in [0.5, 0.6) is 0 Å². The van der Waals surface area contributed by atoms with Crippen LogP contribution in [0.2, 0.25) is 0 Å². The molecule has 0 fully saturated rings. The summed E-state index contributed by atoms with van der Waals surface area (Å²) in [7, 11) is 0. The van der Waals surface area contributed by atoms with Gasteiger partial charge in [-0.05, 0) is 64.2 Å². The van der Waals surface area contributed by atoms with Gasteiger partial charge in [-0.15, -0.1) is 0 Å². The smallest absolute Gasteiger partial charge is 0.305 e. The SMILES string of the molecule is CCCCCC/C=C\CCCCCCCCC(=O)OCC(O)COC(=O)CCCCCCCC/C=C\CCCCCC. The van der Waals surface area contributed by atoms with Gasteiger partial charge in [-0.25, -0.2) is 0 Å². The minimum Gasteiger partial charge on any atom is -0.463 e. The highest BCUT2D eigenvalue weighted by Gasteiger charge is 2.12. The molecule has 0 atom stereocenters. The Labute approximate surface area is 260 Å². The van der Waals surface area contributed by atoms with Crippen molar-refractivity contribution in [1.29, 1.82) is 0 Å². The van der Waals surface area contributed by atoms with Gasteiger partial charge in [-0.2, -0.15) is 0 Å². The normalized spacial score (nSPS) is 11.7. The third kappa shape index (κ3) is 32.9. The molecule has 0 aliphatic rings. The van der Waals surface area contributed by atoms with E-state index >= 15 is 0 Å². The van der Waals surface area contributed by atoms with Crippen molar-refractivity contribution in [3.63, 3.8) is 0 Å². The predicted molar refractivity (Wildman–Crippen MR) is 178 cm³/mol. The largest absolute Gasteiger partial charge is 0.463 e. The Balaban J connectivity index is 3.45. The highest BCUT2D eigenvalue weighted by molar-refractivity contribution is 5.69. The molecule has 1 N–H and O–H groups in total. The van der Waals surface area contributed by atoms with Crippen molar-refractivity contribution in [2.24, 2.45) is 0 Å². The summed E-state index contributed by atoms with van der Waals surface area (Å²) in [6.07, 6.45) is 37.9. The number of allylic oxidation sites excluding steroid dienone is 4. The first-order valence-corrected chi connectivity index (χ1v) is 17.9. The number of rotatable bonds is 32. The van der Waals surface area contributed by atoms with Crippen LogP contribution >= 0.6 is 0 Å². The molecule has 0 amide bonds. The standard InChI is InChI=1S/C37H68O5/c1-3-5-7-9-11-13-15-17-19-21-23-25-27-29-31-36(39)41-33-35(38)34-42-37(40)32-30-28-26-24-22-20-18-16-14-12-10-8-6-4-2/h13-16,35,38H,3-12,17-34H2,1-2H3/b15-13-,16-14-. The van der Waals surface area contributed by atoms with Crippen LogP contribution in [-0.2, 0) is 19.1 Å². The summed E-state index contributed by atoms with van der Waals surface area (Å²) >= 11 is 0. The van der Waals surface area contributed by atoms with E-state index in [1.165, 1.54) is 116 Å². The molecule has 5 nitrogen and oxygen atoms in total. The quantitative estimate of drug-likeness (QED) is 0.0478. The fourth-order valence-electron chi connectivity index (χ4n) is 4.90. The Kier molecular flexibility index (Phi) is 32.6. The Morgan fingerprint density at radius 2 is 0.762 bits per heavy atom. The number of aliphatic hydroxyl groups is 1. The first kappa shape index (κ1) is 40.4. The minimum atomic E-state index is -0.964. The molecule has 0 aromatic rings. The summed E-state index contributed by atoms with van der Waals surface area (Å²) < 4.78 is 10.3. The van der Waals surface area contributed by atoms with E-state index in [9.17, 15) is 14.7 Å². The summed E-state index contributed by atoms with van der Waals surface area (Å²) in [6, 6.07) is 0. The molecular weight excluding hydrogens is 524 g/mol. The molecule has 0 aliphatic heterocycles. The van der Waals surface area contributed by atoms with Gasteiger partial charge in [-0.1, -0.05) is 128 Å². The molecule has 0 unspecified atom stereocenters. The average molecular weight is 593 g/mol. The molecule has 0 saturated carbocycles. The van der Waals surface area contributed by atoms with Gasteiger partial charge in [0, 0.05) is 12.8 Å². The zero-order valence-corrected chi connectivity index (χ0v) is 27.8. The van der Waals surface area contributed by atoms with Gasteiger partial charge >= 0.3 is 11.9 Å². The Bertz CT molecular complexity index is 588. The molecule has 5 heteroatoms. The van der Waals surface area contributed by atoms with Crippen molar-refractivity contribution in [3.8, 4) is 0 Å². The maximum atomic E-state index is 11.9. The molecule has 42 heavy (non-hydrogen) atoms. The molecule has 0 aliphatic carbocycles. The highest BCUT2D eigenvalue weighted by atomic mass is 16.6. The van der Waals surface area contributed by atoms with E-state index in [4.69, 9.17) is 9.47 Å². The number of esters is 2. The zero-order valence-electron chi connectivity index (χ0n) is 27.8. The number of ether oxygens (including phenoxy) is 2. The van der Waals surface area contributed by atoms with Crippen LogP contribution in [0, 0.1) is 0 Å². The summed E-state index contributed by atoms with van der Waals surface area (Å²) in [4.78, 5) is 23.8. The van der Waals surface area contributed by atoms with Gasteiger partial charge in [0.25, 0.3) is 0 Å². The van der Waals surface area contributed by atoms with Gasteiger partial charge in [0.15, 0.2) is 0 Å². The summed E-state index contributed by atoms with van der Waals surface area (Å²) in [5.74, 6) is -0.578. The molecule has 0 spiro atoms. The second-order valence-electron chi connectivity index (χ2n) is 12.0. The highest BCUT2D eigenvalue weighted by Crippen LogP contribution is 2.12. The van der Waals surface area contributed by atoms with Gasteiger partial charge in [0.2, 0.25) is 0 Å². The maximum absolute atomic E-state index is 11.9. The number of carbonyl (C=O) groups excluding carboxylic acids is 2. The van der Waals surface area contributed by atoms with Gasteiger partial charge in [-0.3, -0.25) is 9.59 Å². The Hall–Kier alpha value is -1.62. The lowest BCUT2D eigenvalue weighted by molar-refractivity contribution is -0.152. The molecule has 0 heterocycles. The van der Waals surface area contributed by atoms with E-state index in [2.05, 4.69) is 38.2 Å². The van der Waals surface area contributed by atoms with Crippen LogP contribution in [-0.4, -0.2) is 36.4 Å². The van der Waals surface area contributed by atoms with E-state index in [0.29, 0.717) is 12.8 Å². The predicted octanol–water partition coefficient (Wildman–Crippen LogP) is 10.7. The average Bonchev–Trinajstić information content (AvgIpc) is 2.99. The molecule has 0 bridgehead atoms. The molecule has 0 rings (SSSR count). The van der Waals surface area contributed by atoms with Crippen LogP contribution in [0.3, 0.4) is 0 Å². The summed E-state index contributed by atoms with van der Waals surface area (Å²) in [5.41, 5.74) is 0. The van der Waals surface area contributed by atoms with E-state index in [-0.39, 0.29) is 25.2 Å². The molecule has 246 valence electrons. The Morgan fingerprint density at radius 3 is 1.10 bits per heavy atom. The molecule has 0 saturated heterocycles. The van der Waals surface area contributed by atoms with Gasteiger partial charge in [0.1, 0.15) is 19.3 Å². The lowest BCUT2D eigenvalue weighted by atomic mass is 10.1. The second-order valence-corrected chi connectivity index (χ2v) is 12.0. The first-order valence-electron chi connectivity index (χ1n) is 17.9. The van der Waals surface area contributed by atoms with E-state index in [0.717, 1.165) is 38.5 Å². The number of unbranched alkanes of at least 4 members (excludes halogenated alkanes) is 20. The van der Waals surface area contributed by atoms with Crippen LogP contribution in [0.25, 0.3) is 0 Å². The van der Waals surface area contributed by atoms with Crippen molar-refractivity contribution in [1.82, 2.24) is 0 Å². The summed E-state index contributed by atoms with van der Waals surface area (Å²) in [6.45, 7) is 4.26. The number of aliphatic hydroxyl groups excluding tert-OH is 1. The van der Waals surface area contributed by atoms with Crippen LogP contribution in [0.1, 0.15) is 181 Å². The molecular formula is C37H68O5. The van der Waals surface area contributed by atoms with Crippen molar-refractivity contribution in [2.45, 2.75) is 187 Å². The van der Waals surface area contributed by atoms with E-state index in [1.807, 2.05) is 0 Å². The van der Waals surface area contributed by atoms with Gasteiger partial charge < -0.3 is 14.6 Å². The monoisotopic (exact) mass is 593 g/mol. The van der Waals surface area contributed by atoms with Crippen molar-refractivity contribution < 1.29 is 24.2 Å². The van der Waals surface area contributed by atoms with E-state index in [1.54, 1.807) is 0 Å². The van der Waals surface area contributed by atoms with E-state index < -0.39 is 6.10 Å². The maximum Gasteiger partial charge on any atom is 0.305 e. The number of hydrogen-bond acceptors (Lipinski definition) is 5. The van der Waals surface area contributed by atoms with Crippen molar-refractivity contribution >= 4 is 11.9 Å². The van der Waals surface area contributed by atoms with Gasteiger partial charge in [0.05, 0.1) is 0 Å². The van der Waals surface area contributed by atoms with Crippen LogP contribution < -0.4 is 0 Å². The lowest BCUT2D eigenvalue weighted by Gasteiger charge is -2.12. The molecule has 0 aromatic carbocycles. The molecule has 0 radical (unpaired) electrons. The zero-order chi connectivity index (χ0) is 30.8. The number of hydrogen-bond donors (Lipinski definition) is 1. The van der Waals surface area contributed by atoms with Crippen LogP contribution in [0.15, 0.2) is 24.3 Å². The van der Waals surface area contributed by atoms with Crippen molar-refractivity contribution in [2.75, 3.05) is 13.2 Å². The Morgan fingerprint density at radius 1 is 0.476 bits per heavy atom. The second kappa shape index (κ2) is 33.9. The third-order valence-corrected chi connectivity index (χ3v) is 7.66. The number of carbonyl (C=O) groups is 2. The molecule has 0 aromatic heterocycles. The lowest BCUT2D eigenvalue weighted by Crippen LogP contribution is -2.25. The fourth-order valence-corrected chi connectivity index (χ4v) is 4.90. The van der Waals surface area contributed by atoms with Crippen LogP contribution in [0.4, 0.5) is 0 Å². The first-order chi connectivity index (χ1) is 20.6. The summed E-state index contributed by atoms with van der Waals surface area (Å²) in [5, 5.41) is 9.97.